The van der Waals surface area contributed by atoms with Gasteiger partial charge in [0.15, 0.2) is 11.5 Å². The molecule has 0 aromatic heterocycles. The summed E-state index contributed by atoms with van der Waals surface area (Å²) in [5, 5.41) is 75.5. The molecule has 21 rings (SSSR count). The number of phenols is 6. The van der Waals surface area contributed by atoms with Gasteiger partial charge in [-0.15, -0.1) is 69.6 Å². The molecule has 0 radical (unpaired) electrons. The number of aromatic hydroxyl groups is 6. The Kier molecular flexibility index (Phi) is 28.2. The smallest absolute Gasteiger partial charge is 0.231 e. The maximum Gasteiger partial charge on any atom is 0.231 e. The van der Waals surface area contributed by atoms with E-state index in [1.54, 1.807) is 7.11 Å². The first-order chi connectivity index (χ1) is 64.6. The van der Waals surface area contributed by atoms with Gasteiger partial charge in [-0.3, -0.25) is 0 Å². The molecule has 732 valence electrons. The van der Waals surface area contributed by atoms with Crippen LogP contribution in [0.4, 0.5) is 34.1 Å². The van der Waals surface area contributed by atoms with E-state index in [4.69, 9.17) is 88.6 Å². The highest BCUT2D eigenvalue weighted by molar-refractivity contribution is 6.23. The van der Waals surface area contributed by atoms with Crippen LogP contribution < -0.4 is 48.3 Å². The number of methoxy groups -OCH3 is 1. The first kappa shape index (κ1) is 101. The van der Waals surface area contributed by atoms with Crippen molar-refractivity contribution in [2.75, 3.05) is 107 Å². The predicted molar refractivity (Wildman–Crippen MR) is 579 cm³/mol. The quantitative estimate of drug-likeness (QED) is 0.0752. The number of hydrogen-bond acceptors (Lipinski definition) is 16. The molecule has 0 unspecified atom stereocenters. The number of ether oxygens (including phenoxy) is 4. The van der Waals surface area contributed by atoms with Crippen molar-refractivity contribution in [3.63, 3.8) is 0 Å². The molecule has 12 aromatic carbocycles. The molecule has 1 aliphatic carbocycles. The van der Waals surface area contributed by atoms with Crippen molar-refractivity contribution in [1.29, 1.82) is 0 Å². The van der Waals surface area contributed by atoms with Crippen LogP contribution in [0.2, 0.25) is 0 Å². The van der Waals surface area contributed by atoms with Crippen LogP contribution in [0, 0.1) is 6.92 Å². The lowest BCUT2D eigenvalue weighted by molar-refractivity contribution is 0.174. The van der Waals surface area contributed by atoms with Crippen LogP contribution in [-0.4, -0.2) is 157 Å². The molecule has 0 amide bonds. The van der Waals surface area contributed by atoms with Crippen molar-refractivity contribution in [3.05, 3.63) is 189 Å². The molecule has 16 nitrogen and oxygen atoms in total. The number of benzene rings is 12. The fourth-order valence-corrected chi connectivity index (χ4v) is 24.4. The largest absolute Gasteiger partial charge is 0.507 e. The molecule has 0 spiro atoms. The Morgan fingerprint density at radius 1 is 0.365 bits per heavy atom. The molecule has 22 heteroatoms. The second kappa shape index (κ2) is 38.3. The fourth-order valence-electron chi connectivity index (χ4n) is 23.1. The van der Waals surface area contributed by atoms with Gasteiger partial charge < -0.3 is 79.0 Å². The van der Waals surface area contributed by atoms with Gasteiger partial charge in [0.2, 0.25) is 6.79 Å². The Bertz CT molecular complexity index is 6300. The third kappa shape index (κ3) is 18.5. The minimum absolute atomic E-state index is 0.00332. The van der Waals surface area contributed by atoms with Gasteiger partial charge in [0.25, 0.3) is 0 Å². The van der Waals surface area contributed by atoms with Gasteiger partial charge in [-0.2, -0.15) is 0 Å². The summed E-state index contributed by atoms with van der Waals surface area (Å²) < 4.78 is 22.8. The highest BCUT2D eigenvalue weighted by Crippen LogP contribution is 2.59. The van der Waals surface area contributed by atoms with Crippen molar-refractivity contribution >= 4 is 168 Å². The standard InChI is InChI=1S/C20H26ClNO2.C20H24ClNO.C20H26ClNO.C19H22ClNO2.C18H20ClNO3.C18H22ClNO/c1-6-14(21)13-11-22(20(2,3)4)15-10-16(23)12-8-7-9-17(24-5)19(12)18(13)15;1-20(2,3)22-11-13(10-21)18-16(22)9-17(23)15-8-7-12-5-4-6-14(12)19(15)18;1-6-15(21)14-11-22(20(3,4)5)16-10-17(23)13-9-7-8-12(2)18(13)19(14)16;1-19(2,3)21-10-12(9-20)16-14(21)8-15(22)13-5-4-11-6-7-23-18(11)17(13)16;1-18(2,3)20-8-10(7-19)15-12(20)6-13(21)11-4-5-14-17(16(11)15)23-9-22-14;1-11(19)14-10-20(18(2,3)4)15-9-16(21)12-7-5-6-8-13(12)17(14)15/h7-10,13-14,23H,6,11H2,1-5H3;7-9,13,23H,4-6,10-11H2,1-3H3;7-10,14-15,23H,6,11H2,1-5H3;4-5,8,12,22H,6-7,9-10H2,1-3H3;4-6,10,21H,7-9H2,1-3H3;5-9,11,14,21H,10H2,1-4H3/t13-,14+;13-;14-,15+;12-;10-;11-,14+/m010111/s1. The van der Waals surface area contributed by atoms with Crippen molar-refractivity contribution in [3.8, 4) is 57.5 Å². The van der Waals surface area contributed by atoms with E-state index >= 15 is 0 Å². The number of phenolic OH excluding ortho intramolecular Hbond substituents is 6. The molecule has 6 N–H and O–H groups in total. The minimum atomic E-state index is -0.0506. The molecule has 8 heterocycles. The number of halogens is 6. The molecule has 137 heavy (non-hydrogen) atoms. The molecular formula is C115H140Cl6N6O10. The Labute approximate surface area is 840 Å². The summed E-state index contributed by atoms with van der Waals surface area (Å²) in [6.07, 6.45) is 6.27. The van der Waals surface area contributed by atoms with Crippen molar-refractivity contribution in [1.82, 2.24) is 0 Å². The number of anilines is 6. The first-order valence-electron chi connectivity index (χ1n) is 49.0. The van der Waals surface area contributed by atoms with Crippen LogP contribution in [0.5, 0.6) is 57.5 Å². The maximum absolute atomic E-state index is 10.6. The molecule has 9 aliphatic rings. The second-order valence-electron chi connectivity index (χ2n) is 44.8. The van der Waals surface area contributed by atoms with Crippen molar-refractivity contribution < 1.29 is 49.6 Å². The molecule has 9 atom stereocenters. The summed E-state index contributed by atoms with van der Waals surface area (Å²) in [5.74, 6) is 8.49. The topological polar surface area (TPSA) is 178 Å². The number of rotatable bonds is 9. The number of aryl methyl sites for hydroxylation is 3. The molecule has 0 bridgehead atoms. The molecule has 0 fully saturated rings. The second-order valence-corrected chi connectivity index (χ2v) is 47.5. The molecular weight excluding hydrogens is 1840 g/mol. The van der Waals surface area contributed by atoms with Gasteiger partial charge in [-0.25, -0.2) is 0 Å². The van der Waals surface area contributed by atoms with Crippen molar-refractivity contribution in [2.24, 2.45) is 0 Å². The lowest BCUT2D eigenvalue weighted by Gasteiger charge is -2.35. The van der Waals surface area contributed by atoms with Crippen LogP contribution in [-0.2, 0) is 19.3 Å². The van der Waals surface area contributed by atoms with Crippen LogP contribution >= 0.6 is 69.6 Å². The Hall–Kier alpha value is -9.26. The van der Waals surface area contributed by atoms with Crippen LogP contribution in [0.25, 0.3) is 64.6 Å². The van der Waals surface area contributed by atoms with Crippen molar-refractivity contribution in [2.45, 2.75) is 276 Å². The normalized spacial score (nSPS) is 19.5. The Morgan fingerprint density at radius 3 is 1.18 bits per heavy atom. The van der Waals surface area contributed by atoms with Crippen LogP contribution in [0.15, 0.2) is 133 Å². The SMILES string of the molecule is CC(C)(C)N1C[C@@H](CCl)c2c1cc(O)c1ccc3c(c21)CCC3.CC(C)(C)N1C[C@@H](CCl)c2c1cc(O)c1ccc3c(c21)OCC3.CC(C)(C)N1C[C@@H](CCl)c2c1cc(O)c1ccc3c(c21)OCO3.CC[C@@H](Cl)[C@@H]1CN(C(C)(C)C)c2cc(O)c3cccc(C)c3c21.CC[C@@H](Cl)[C@@H]1CN(C(C)(C)C)c2cc(O)c3cccc(OC)c3c21.C[C@@H](Cl)[C@@H]1CN(C(C)(C)C)c2cc(O)c3ccccc3c21. The van der Waals surface area contributed by atoms with E-state index in [2.05, 4.69) is 212 Å². The van der Waals surface area contributed by atoms with E-state index in [9.17, 15) is 30.6 Å². The summed E-state index contributed by atoms with van der Waals surface area (Å²) in [7, 11) is 1.68. The zero-order valence-corrected chi connectivity index (χ0v) is 88.7. The number of fused-ring (bicyclic) bond motifs is 24. The summed E-state index contributed by atoms with van der Waals surface area (Å²) in [6, 6.07) is 43.6. The highest BCUT2D eigenvalue weighted by atomic mass is 35.5. The number of hydrogen-bond donors (Lipinski definition) is 6. The van der Waals surface area contributed by atoms with E-state index in [1.807, 2.05) is 103 Å². The Balaban J connectivity index is 0.000000119. The van der Waals surface area contributed by atoms with Gasteiger partial charge in [0, 0.05) is 267 Å². The summed E-state index contributed by atoms with van der Waals surface area (Å²) in [4.78, 5) is 14.2. The van der Waals surface area contributed by atoms with E-state index in [1.165, 1.54) is 73.0 Å². The maximum atomic E-state index is 10.6. The summed E-state index contributed by atoms with van der Waals surface area (Å²) >= 11 is 38.9. The average Bonchev–Trinajstić information content (AvgIpc) is 1.57. The van der Waals surface area contributed by atoms with E-state index < -0.39 is 0 Å². The van der Waals surface area contributed by atoms with E-state index in [0.29, 0.717) is 64.8 Å². The van der Waals surface area contributed by atoms with Gasteiger partial charge in [0.1, 0.15) is 46.0 Å². The third-order valence-electron chi connectivity index (χ3n) is 29.8. The van der Waals surface area contributed by atoms with E-state index in [0.717, 1.165) is 182 Å². The first-order valence-corrected chi connectivity index (χ1v) is 51.9. The molecule has 8 aliphatic heterocycles. The zero-order valence-electron chi connectivity index (χ0n) is 84.2. The molecule has 0 saturated carbocycles. The average molecular weight is 1980 g/mol. The summed E-state index contributed by atoms with van der Waals surface area (Å²) in [6.45, 7) is 54.3. The Morgan fingerprint density at radius 2 is 0.730 bits per heavy atom. The fraction of sp³-hybridized carbons (Fsp3) is 0.478. The summed E-state index contributed by atoms with van der Waals surface area (Å²) in [5.41, 5.74) is 19.4. The highest BCUT2D eigenvalue weighted by Gasteiger charge is 2.47. The lowest BCUT2D eigenvalue weighted by Crippen LogP contribution is -2.41. The zero-order chi connectivity index (χ0) is 99.0. The predicted octanol–water partition coefficient (Wildman–Crippen LogP) is 29.3. The molecule has 0 saturated heterocycles. The van der Waals surface area contributed by atoms with Gasteiger partial charge in [0.05, 0.1) is 13.7 Å². The monoisotopic (exact) mass is 1970 g/mol. The number of alkyl halides is 6. The van der Waals surface area contributed by atoms with Gasteiger partial charge in [-0.1, -0.05) is 92.7 Å². The van der Waals surface area contributed by atoms with Gasteiger partial charge in [-0.05, 0) is 261 Å². The van der Waals surface area contributed by atoms with Gasteiger partial charge >= 0.3 is 0 Å². The third-order valence-corrected chi connectivity index (χ3v) is 32.4. The minimum Gasteiger partial charge on any atom is -0.507 e. The molecule has 12 aromatic rings. The van der Waals surface area contributed by atoms with E-state index in [-0.39, 0.29) is 85.6 Å². The van der Waals surface area contributed by atoms with Crippen LogP contribution in [0.1, 0.15) is 256 Å². The number of nitrogens with zero attached hydrogens (tertiary/aromatic N) is 6. The lowest BCUT2D eigenvalue weighted by atomic mass is 9.89. The van der Waals surface area contributed by atoms with Crippen LogP contribution in [0.3, 0.4) is 0 Å².